The molecule has 4 amide bonds. The van der Waals surface area contributed by atoms with Crippen LogP contribution in [0.25, 0.3) is 0 Å². The fourth-order valence-electron chi connectivity index (χ4n) is 3.06. The summed E-state index contributed by atoms with van der Waals surface area (Å²) in [5.74, 6) is -3.05. The van der Waals surface area contributed by atoms with Crippen LogP contribution >= 0.6 is 0 Å². The van der Waals surface area contributed by atoms with Crippen LogP contribution in [0.15, 0.2) is 48.5 Å². The lowest BCUT2D eigenvalue weighted by Gasteiger charge is -2.30. The van der Waals surface area contributed by atoms with E-state index in [1.165, 1.54) is 42.0 Å². The van der Waals surface area contributed by atoms with E-state index in [-0.39, 0.29) is 10.5 Å². The Morgan fingerprint density at radius 3 is 2.24 bits per heavy atom. The second kappa shape index (κ2) is 8.30. The van der Waals surface area contributed by atoms with Gasteiger partial charge in [0.15, 0.2) is 0 Å². The summed E-state index contributed by atoms with van der Waals surface area (Å²) in [6.07, 6.45) is -10.4. The lowest BCUT2D eigenvalue weighted by molar-refractivity contribution is -0.200. The van der Waals surface area contributed by atoms with E-state index >= 15 is 0 Å². The van der Waals surface area contributed by atoms with Crippen LogP contribution in [0.1, 0.15) is 21.5 Å². The molecule has 33 heavy (non-hydrogen) atoms. The number of nitrogens with zero attached hydrogens (tertiary/aromatic N) is 1. The van der Waals surface area contributed by atoms with Crippen molar-refractivity contribution in [1.82, 2.24) is 15.5 Å². The Hall–Kier alpha value is -3.77. The Kier molecular flexibility index (Phi) is 6.00. The van der Waals surface area contributed by atoms with E-state index in [0.717, 1.165) is 12.1 Å². The molecule has 0 aliphatic carbocycles. The minimum atomic E-state index is -5.51. The Labute approximate surface area is 182 Å². The number of halogens is 6. The standard InChI is InChI=1S/C20H15F6N3O4/c1-33-14-7-5-11(6-8-14)10-29-16(31)18(20(24,25)26,28-17(29)32)27-15(30)12-3-2-4-13(9-12)19(21,22)23/h2-9H,10H2,1H3,(H,27,30)(H,28,32)/t18-/m1/s1. The molecule has 0 bridgehead atoms. The first-order chi connectivity index (χ1) is 15.3. The Morgan fingerprint density at radius 1 is 1.06 bits per heavy atom. The molecule has 3 rings (SSSR count). The summed E-state index contributed by atoms with van der Waals surface area (Å²) in [4.78, 5) is 37.6. The van der Waals surface area contributed by atoms with Gasteiger partial charge in [-0.3, -0.25) is 19.8 Å². The van der Waals surface area contributed by atoms with Crippen LogP contribution in [-0.4, -0.2) is 41.7 Å². The van der Waals surface area contributed by atoms with Gasteiger partial charge in [0.25, 0.3) is 17.5 Å². The first kappa shape index (κ1) is 23.9. The first-order valence-corrected chi connectivity index (χ1v) is 9.12. The minimum Gasteiger partial charge on any atom is -0.497 e. The van der Waals surface area contributed by atoms with Gasteiger partial charge in [0.2, 0.25) is 0 Å². The summed E-state index contributed by atoms with van der Waals surface area (Å²) < 4.78 is 85.4. The highest BCUT2D eigenvalue weighted by atomic mass is 19.4. The van der Waals surface area contributed by atoms with Gasteiger partial charge in [-0.15, -0.1) is 0 Å². The second-order valence-electron chi connectivity index (χ2n) is 6.95. The predicted octanol–water partition coefficient (Wildman–Crippen LogP) is 3.45. The molecule has 1 fully saturated rings. The molecule has 0 saturated carbocycles. The molecule has 0 aromatic heterocycles. The lowest BCUT2D eigenvalue weighted by atomic mass is 10.1. The molecule has 2 aromatic carbocycles. The zero-order chi connectivity index (χ0) is 24.6. The number of rotatable bonds is 5. The maximum Gasteiger partial charge on any atom is 0.440 e. The molecule has 1 aliphatic rings. The van der Waals surface area contributed by atoms with Crippen molar-refractivity contribution in [1.29, 1.82) is 0 Å². The summed E-state index contributed by atoms with van der Waals surface area (Å²) in [7, 11) is 1.39. The summed E-state index contributed by atoms with van der Waals surface area (Å²) in [6, 6.07) is 6.90. The number of ether oxygens (including phenoxy) is 1. The summed E-state index contributed by atoms with van der Waals surface area (Å²) in [5, 5.41) is 2.80. The van der Waals surface area contributed by atoms with Crippen molar-refractivity contribution >= 4 is 17.8 Å². The third kappa shape index (κ3) is 4.56. The molecule has 7 nitrogen and oxygen atoms in total. The Morgan fingerprint density at radius 2 is 1.70 bits per heavy atom. The number of carbonyl (C=O) groups excluding carboxylic acids is 3. The van der Waals surface area contributed by atoms with E-state index in [4.69, 9.17) is 4.74 Å². The summed E-state index contributed by atoms with van der Waals surface area (Å²) >= 11 is 0. The monoisotopic (exact) mass is 475 g/mol. The van der Waals surface area contributed by atoms with Crippen molar-refractivity contribution in [3.05, 3.63) is 65.2 Å². The molecule has 1 aliphatic heterocycles. The quantitative estimate of drug-likeness (QED) is 0.513. The number of hydrogen-bond donors (Lipinski definition) is 2. The lowest BCUT2D eigenvalue weighted by Crippen LogP contribution is -2.69. The van der Waals surface area contributed by atoms with E-state index in [1.54, 1.807) is 0 Å². The molecule has 1 atom stereocenters. The molecular formula is C20H15F6N3O4. The Balaban J connectivity index is 1.90. The van der Waals surface area contributed by atoms with Crippen molar-refractivity contribution < 1.29 is 45.5 Å². The van der Waals surface area contributed by atoms with Crippen molar-refractivity contribution in [2.75, 3.05) is 7.11 Å². The Bertz CT molecular complexity index is 1080. The maximum atomic E-state index is 13.9. The van der Waals surface area contributed by atoms with E-state index in [9.17, 15) is 40.7 Å². The van der Waals surface area contributed by atoms with Crippen molar-refractivity contribution in [2.45, 2.75) is 24.6 Å². The molecule has 176 valence electrons. The van der Waals surface area contributed by atoms with Gasteiger partial charge in [-0.05, 0) is 35.9 Å². The number of urea groups is 1. The third-order valence-corrected chi connectivity index (χ3v) is 4.78. The SMILES string of the molecule is COc1ccc(CN2C(=O)N[C@@](NC(=O)c3cccc(C(F)(F)F)c3)(C(F)(F)F)C2=O)cc1. The number of imide groups is 1. The normalized spacial score (nSPS) is 18.8. The number of amides is 4. The first-order valence-electron chi connectivity index (χ1n) is 9.12. The fourth-order valence-corrected chi connectivity index (χ4v) is 3.06. The largest absolute Gasteiger partial charge is 0.497 e. The smallest absolute Gasteiger partial charge is 0.440 e. The topological polar surface area (TPSA) is 87.7 Å². The van der Waals surface area contributed by atoms with Gasteiger partial charge in [-0.1, -0.05) is 18.2 Å². The number of methoxy groups -OCH3 is 1. The van der Waals surface area contributed by atoms with Crippen LogP contribution in [0.2, 0.25) is 0 Å². The molecule has 0 unspecified atom stereocenters. The molecule has 2 N–H and O–H groups in total. The number of hydrogen-bond acceptors (Lipinski definition) is 4. The van der Waals surface area contributed by atoms with Crippen molar-refractivity contribution in [2.24, 2.45) is 0 Å². The highest BCUT2D eigenvalue weighted by molar-refractivity contribution is 6.10. The summed E-state index contributed by atoms with van der Waals surface area (Å²) in [6.45, 7) is -0.564. The average molecular weight is 475 g/mol. The molecule has 2 aromatic rings. The fraction of sp³-hybridized carbons (Fsp3) is 0.250. The highest BCUT2D eigenvalue weighted by Crippen LogP contribution is 2.35. The van der Waals surface area contributed by atoms with Gasteiger partial charge in [-0.2, -0.15) is 26.3 Å². The molecule has 13 heteroatoms. The summed E-state index contributed by atoms with van der Waals surface area (Å²) in [5.41, 5.74) is -5.65. The van der Waals surface area contributed by atoms with Crippen LogP contribution < -0.4 is 15.4 Å². The van der Waals surface area contributed by atoms with Crippen LogP contribution in [0.4, 0.5) is 31.1 Å². The number of carbonyl (C=O) groups is 3. The molecule has 0 spiro atoms. The van der Waals surface area contributed by atoms with Crippen LogP contribution in [0.5, 0.6) is 5.75 Å². The zero-order valence-electron chi connectivity index (χ0n) is 16.7. The van der Waals surface area contributed by atoms with Crippen molar-refractivity contribution in [3.8, 4) is 5.75 Å². The predicted molar refractivity (Wildman–Crippen MR) is 99.8 cm³/mol. The second-order valence-corrected chi connectivity index (χ2v) is 6.95. The van der Waals surface area contributed by atoms with Crippen molar-refractivity contribution in [3.63, 3.8) is 0 Å². The average Bonchev–Trinajstić information content (AvgIpc) is 2.98. The molecule has 1 saturated heterocycles. The highest BCUT2D eigenvalue weighted by Gasteiger charge is 2.68. The van der Waals surface area contributed by atoms with Crippen LogP contribution in [0, 0.1) is 0 Å². The molecule has 0 radical (unpaired) electrons. The van der Waals surface area contributed by atoms with Gasteiger partial charge in [0.1, 0.15) is 5.75 Å². The minimum absolute atomic E-state index is 0.238. The molecular weight excluding hydrogens is 460 g/mol. The van der Waals surface area contributed by atoms with Crippen LogP contribution in [0.3, 0.4) is 0 Å². The zero-order valence-corrected chi connectivity index (χ0v) is 16.7. The van der Waals surface area contributed by atoms with Gasteiger partial charge >= 0.3 is 18.4 Å². The van der Waals surface area contributed by atoms with E-state index in [2.05, 4.69) is 0 Å². The van der Waals surface area contributed by atoms with Gasteiger partial charge < -0.3 is 10.1 Å². The number of alkyl halides is 6. The van der Waals surface area contributed by atoms with E-state index in [1.807, 2.05) is 0 Å². The van der Waals surface area contributed by atoms with E-state index < -0.39 is 53.5 Å². The maximum absolute atomic E-state index is 13.9. The van der Waals surface area contributed by atoms with Crippen LogP contribution in [-0.2, 0) is 17.5 Å². The third-order valence-electron chi connectivity index (χ3n) is 4.78. The van der Waals surface area contributed by atoms with E-state index in [0.29, 0.717) is 17.9 Å². The van der Waals surface area contributed by atoms with Gasteiger partial charge in [0, 0.05) is 5.56 Å². The molecule has 1 heterocycles. The number of nitrogens with one attached hydrogen (secondary N) is 2. The van der Waals surface area contributed by atoms with Gasteiger partial charge in [0.05, 0.1) is 19.2 Å². The number of benzene rings is 2. The van der Waals surface area contributed by atoms with Gasteiger partial charge in [-0.25, -0.2) is 4.79 Å².